The number of benzene rings is 7. The molecule has 0 bridgehead atoms. The lowest BCUT2D eigenvalue weighted by Gasteiger charge is -2.22. The summed E-state index contributed by atoms with van der Waals surface area (Å²) < 4.78 is 9.07. The fraction of sp³-hybridized carbons (Fsp3) is 0.120. The molecule has 3 heterocycles. The van der Waals surface area contributed by atoms with E-state index in [9.17, 15) is 0 Å². The van der Waals surface area contributed by atoms with Crippen LogP contribution < -0.4 is 0 Å². The lowest BCUT2D eigenvalue weighted by molar-refractivity contribution is 0.443. The van der Waals surface area contributed by atoms with E-state index in [2.05, 4.69) is 108 Å². The van der Waals surface area contributed by atoms with Gasteiger partial charge in [-0.05, 0) is 72.2 Å². The molecule has 1 aliphatic rings. The molecule has 11 rings (SSSR count). The number of nitrogens with zero attached hydrogens (tertiary/aromatic N) is 5. The van der Waals surface area contributed by atoms with Gasteiger partial charge in [-0.2, -0.15) is 0 Å². The fourth-order valence-corrected chi connectivity index (χ4v) is 8.68. The van der Waals surface area contributed by atoms with Gasteiger partial charge in [0.1, 0.15) is 5.52 Å². The molecule has 10 aromatic rings. The zero-order valence-electron chi connectivity index (χ0n) is 30.8. The molecule has 0 spiro atoms. The summed E-state index contributed by atoms with van der Waals surface area (Å²) in [5.41, 5.74) is 10.1. The summed E-state index contributed by atoms with van der Waals surface area (Å²) in [6, 6.07) is 54.9. The van der Waals surface area contributed by atoms with Crippen LogP contribution in [-0.2, 0) is 0 Å². The van der Waals surface area contributed by atoms with Gasteiger partial charge in [0, 0.05) is 44.1 Å². The second-order valence-electron chi connectivity index (χ2n) is 14.9. The summed E-state index contributed by atoms with van der Waals surface area (Å²) in [5, 5.41) is 4.52. The van der Waals surface area contributed by atoms with Gasteiger partial charge in [0.25, 0.3) is 0 Å². The Hall–Kier alpha value is -6.92. The van der Waals surface area contributed by atoms with Crippen LogP contribution in [-0.4, -0.2) is 24.5 Å². The highest BCUT2D eigenvalue weighted by Crippen LogP contribution is 2.41. The second kappa shape index (κ2) is 13.4. The van der Waals surface area contributed by atoms with E-state index in [1.165, 1.54) is 43.1 Å². The predicted molar refractivity (Wildman–Crippen MR) is 227 cm³/mol. The molecule has 1 saturated carbocycles. The molecule has 0 N–H and O–H groups in total. The first-order chi connectivity index (χ1) is 27.7. The number of hydrogen-bond acceptors (Lipinski definition) is 5. The number of rotatable bonds is 6. The minimum Gasteiger partial charge on any atom is -0.435 e. The maximum Gasteiger partial charge on any atom is 0.227 e. The molecule has 0 unspecified atom stereocenters. The van der Waals surface area contributed by atoms with E-state index in [0.29, 0.717) is 29.3 Å². The Morgan fingerprint density at radius 1 is 0.464 bits per heavy atom. The number of hydrogen-bond donors (Lipinski definition) is 0. The van der Waals surface area contributed by atoms with Gasteiger partial charge in [0.2, 0.25) is 5.89 Å². The quantitative estimate of drug-likeness (QED) is 0.171. The molecule has 6 heteroatoms. The average molecular weight is 724 g/mol. The molecule has 268 valence electrons. The van der Waals surface area contributed by atoms with Crippen molar-refractivity contribution < 1.29 is 4.42 Å². The molecule has 0 saturated heterocycles. The fourth-order valence-electron chi connectivity index (χ4n) is 8.68. The van der Waals surface area contributed by atoms with Crippen LogP contribution in [0.15, 0.2) is 162 Å². The highest BCUT2D eigenvalue weighted by molar-refractivity contribution is 6.26. The lowest BCUT2D eigenvalue weighted by atomic mass is 9.84. The maximum atomic E-state index is 6.73. The molecule has 1 aliphatic carbocycles. The first kappa shape index (κ1) is 32.5. The molecule has 0 amide bonds. The number of aromatic nitrogens is 5. The molecule has 6 nitrogen and oxygen atoms in total. The van der Waals surface area contributed by atoms with Crippen molar-refractivity contribution in [3.8, 4) is 51.3 Å². The maximum absolute atomic E-state index is 6.73. The normalized spacial score (nSPS) is 13.6. The molecular formula is C50H37N5O. The lowest BCUT2D eigenvalue weighted by Crippen LogP contribution is -2.04. The van der Waals surface area contributed by atoms with Crippen molar-refractivity contribution in [2.45, 2.75) is 38.0 Å². The Bertz CT molecular complexity index is 3030. The van der Waals surface area contributed by atoms with Gasteiger partial charge >= 0.3 is 0 Å². The number of oxazole rings is 1. The van der Waals surface area contributed by atoms with Gasteiger partial charge in [0.05, 0.1) is 11.0 Å². The summed E-state index contributed by atoms with van der Waals surface area (Å²) >= 11 is 0. The molecule has 7 aromatic carbocycles. The van der Waals surface area contributed by atoms with Gasteiger partial charge in [-0.25, -0.2) is 19.9 Å². The standard InChI is InChI=1S/C50H37N5O/c1-4-12-32(13-5-1)33-20-22-36(23-21-33)48-52-47(35-14-6-2-7-15-35)53-49(54-48)37-24-26-38(27-25-37)50-51-41-30-28-34-29-31-43-45(44(34)46(41)56-50)40-18-10-11-19-42(40)55(43)39-16-8-3-9-17-39/h2-3,6-11,14-32H,1,4-5,12-13H2. The minimum absolute atomic E-state index is 0.571. The van der Waals surface area contributed by atoms with Crippen molar-refractivity contribution in [2.75, 3.05) is 0 Å². The molecule has 56 heavy (non-hydrogen) atoms. The average Bonchev–Trinajstić information content (AvgIpc) is 3.87. The first-order valence-electron chi connectivity index (χ1n) is 19.6. The van der Waals surface area contributed by atoms with Gasteiger partial charge in [-0.1, -0.05) is 135 Å². The van der Waals surface area contributed by atoms with Gasteiger partial charge < -0.3 is 8.98 Å². The molecule has 0 aliphatic heterocycles. The Kier molecular flexibility index (Phi) is 7.80. The van der Waals surface area contributed by atoms with Crippen LogP contribution in [0.3, 0.4) is 0 Å². The van der Waals surface area contributed by atoms with E-state index >= 15 is 0 Å². The highest BCUT2D eigenvalue weighted by atomic mass is 16.3. The molecule has 1 fully saturated rings. The SMILES string of the molecule is c1ccc(-c2nc(-c3ccc(-c4nc5ccc6ccc7c(c8ccccc8n7-c7ccccc7)c6c5o4)cc3)nc(-c3ccc(C4CCCCC4)cc3)n2)cc1. The van der Waals surface area contributed by atoms with E-state index in [0.717, 1.165) is 66.2 Å². The largest absolute Gasteiger partial charge is 0.435 e. The van der Waals surface area contributed by atoms with E-state index in [-0.39, 0.29) is 0 Å². The van der Waals surface area contributed by atoms with E-state index in [1.54, 1.807) is 0 Å². The van der Waals surface area contributed by atoms with Crippen LogP contribution in [0.25, 0.3) is 95.0 Å². The van der Waals surface area contributed by atoms with Crippen LogP contribution in [0.2, 0.25) is 0 Å². The Labute approximate surface area is 324 Å². The van der Waals surface area contributed by atoms with Gasteiger partial charge in [-0.15, -0.1) is 0 Å². The Balaban J connectivity index is 0.992. The Morgan fingerprint density at radius 3 is 1.77 bits per heavy atom. The Morgan fingerprint density at radius 2 is 1.05 bits per heavy atom. The number of fused-ring (bicyclic) bond motifs is 7. The second-order valence-corrected chi connectivity index (χ2v) is 14.9. The summed E-state index contributed by atoms with van der Waals surface area (Å²) in [7, 11) is 0. The van der Waals surface area contributed by atoms with E-state index < -0.39 is 0 Å². The van der Waals surface area contributed by atoms with Gasteiger partial charge in [-0.3, -0.25) is 0 Å². The van der Waals surface area contributed by atoms with E-state index in [1.807, 2.05) is 54.6 Å². The summed E-state index contributed by atoms with van der Waals surface area (Å²) in [6.07, 6.45) is 6.53. The van der Waals surface area contributed by atoms with Crippen molar-refractivity contribution in [1.29, 1.82) is 0 Å². The molecular weight excluding hydrogens is 687 g/mol. The van der Waals surface area contributed by atoms with Crippen molar-refractivity contribution in [2.24, 2.45) is 0 Å². The monoisotopic (exact) mass is 723 g/mol. The molecule has 0 radical (unpaired) electrons. The van der Waals surface area contributed by atoms with Crippen LogP contribution in [0, 0.1) is 0 Å². The van der Waals surface area contributed by atoms with Crippen LogP contribution in [0.5, 0.6) is 0 Å². The smallest absolute Gasteiger partial charge is 0.227 e. The van der Waals surface area contributed by atoms with Crippen LogP contribution in [0.4, 0.5) is 0 Å². The molecule has 3 aromatic heterocycles. The number of para-hydroxylation sites is 2. The third-order valence-corrected chi connectivity index (χ3v) is 11.5. The third-order valence-electron chi connectivity index (χ3n) is 11.5. The topological polar surface area (TPSA) is 69.6 Å². The molecule has 0 atom stereocenters. The summed E-state index contributed by atoms with van der Waals surface area (Å²) in [5.74, 6) is 3.16. The van der Waals surface area contributed by atoms with Crippen LogP contribution in [0.1, 0.15) is 43.6 Å². The van der Waals surface area contributed by atoms with Crippen molar-refractivity contribution in [1.82, 2.24) is 24.5 Å². The predicted octanol–water partition coefficient (Wildman–Crippen LogP) is 13.0. The summed E-state index contributed by atoms with van der Waals surface area (Å²) in [6.45, 7) is 0. The first-order valence-corrected chi connectivity index (χ1v) is 19.6. The van der Waals surface area contributed by atoms with E-state index in [4.69, 9.17) is 24.4 Å². The van der Waals surface area contributed by atoms with Crippen molar-refractivity contribution in [3.05, 3.63) is 163 Å². The van der Waals surface area contributed by atoms with Crippen molar-refractivity contribution >= 4 is 43.7 Å². The third kappa shape index (κ3) is 5.56. The zero-order valence-corrected chi connectivity index (χ0v) is 30.8. The van der Waals surface area contributed by atoms with Crippen molar-refractivity contribution in [3.63, 3.8) is 0 Å². The van der Waals surface area contributed by atoms with Gasteiger partial charge in [0.15, 0.2) is 23.1 Å². The minimum atomic E-state index is 0.571. The van der Waals surface area contributed by atoms with Crippen LogP contribution >= 0.6 is 0 Å². The highest BCUT2D eigenvalue weighted by Gasteiger charge is 2.20. The zero-order chi connectivity index (χ0) is 37.0. The summed E-state index contributed by atoms with van der Waals surface area (Å²) in [4.78, 5) is 20.0.